The molecule has 2 heterocycles. The van der Waals surface area contributed by atoms with Crippen molar-refractivity contribution in [2.75, 3.05) is 0 Å². The Labute approximate surface area is 169 Å². The van der Waals surface area contributed by atoms with Gasteiger partial charge in [0.2, 0.25) is 5.91 Å². The summed E-state index contributed by atoms with van der Waals surface area (Å²) in [5.74, 6) is 0.926. The molecule has 5 rings (SSSR count). The average Bonchev–Trinajstić information content (AvgIpc) is 3.08. The molecule has 1 aliphatic carbocycles. The number of nitrogens with one attached hydrogen (secondary N) is 2. The van der Waals surface area contributed by atoms with Crippen LogP contribution in [0.5, 0.6) is 5.75 Å². The van der Waals surface area contributed by atoms with E-state index in [9.17, 15) is 4.79 Å². The van der Waals surface area contributed by atoms with Crippen molar-refractivity contribution in [1.29, 1.82) is 0 Å². The highest BCUT2D eigenvalue weighted by molar-refractivity contribution is 6.30. The number of hydrogen-bond donors (Lipinski definition) is 2. The first-order valence-electron chi connectivity index (χ1n) is 9.95. The molecule has 5 heteroatoms. The number of aromatic amines is 1. The zero-order chi connectivity index (χ0) is 19.1. The van der Waals surface area contributed by atoms with E-state index in [1.807, 2.05) is 36.5 Å². The van der Waals surface area contributed by atoms with Crippen LogP contribution in [0.3, 0.4) is 0 Å². The third kappa shape index (κ3) is 3.16. The molecular weight excluding hydrogens is 372 g/mol. The van der Waals surface area contributed by atoms with Crippen LogP contribution in [0.2, 0.25) is 5.02 Å². The Bertz CT molecular complexity index is 1040. The second-order valence-electron chi connectivity index (χ2n) is 8.00. The zero-order valence-electron chi connectivity index (χ0n) is 15.6. The van der Waals surface area contributed by atoms with Crippen molar-refractivity contribution in [3.8, 4) is 5.75 Å². The van der Waals surface area contributed by atoms with Gasteiger partial charge in [0.05, 0.1) is 6.04 Å². The Kier molecular flexibility index (Phi) is 4.31. The van der Waals surface area contributed by atoms with Crippen LogP contribution in [-0.2, 0) is 11.2 Å². The minimum atomic E-state index is -0.115. The van der Waals surface area contributed by atoms with Crippen LogP contribution in [0.25, 0.3) is 10.9 Å². The highest BCUT2D eigenvalue weighted by atomic mass is 35.5. The summed E-state index contributed by atoms with van der Waals surface area (Å²) < 4.78 is 6.28. The molecule has 1 aliphatic heterocycles. The quantitative estimate of drug-likeness (QED) is 0.629. The van der Waals surface area contributed by atoms with Gasteiger partial charge in [-0.1, -0.05) is 29.8 Å². The maximum Gasteiger partial charge on any atom is 0.220 e. The Morgan fingerprint density at radius 2 is 2.11 bits per heavy atom. The van der Waals surface area contributed by atoms with Crippen LogP contribution in [0.15, 0.2) is 48.7 Å². The number of para-hydroxylation sites is 1. The van der Waals surface area contributed by atoms with Crippen molar-refractivity contribution in [2.45, 2.75) is 50.2 Å². The lowest BCUT2D eigenvalue weighted by molar-refractivity contribution is -0.123. The smallest absolute Gasteiger partial charge is 0.220 e. The topological polar surface area (TPSA) is 54.1 Å². The predicted octanol–water partition coefficient (Wildman–Crippen LogP) is 5.32. The van der Waals surface area contributed by atoms with Gasteiger partial charge in [-0.25, -0.2) is 0 Å². The zero-order valence-corrected chi connectivity index (χ0v) is 16.4. The molecule has 144 valence electrons. The van der Waals surface area contributed by atoms with E-state index in [1.54, 1.807) is 0 Å². The van der Waals surface area contributed by atoms with Crippen LogP contribution < -0.4 is 10.1 Å². The standard InChI is InChI=1S/C23H23ClN2O2/c24-16-7-8-21-18(12-16)20(13-23(28-21)10-3-11-23)26-22(27)9-6-15-14-25-19-5-2-1-4-17(15)19/h1-2,4-5,7-8,12,14,20,25H,3,6,9-11,13H2,(H,26,27). The summed E-state index contributed by atoms with van der Waals surface area (Å²) in [5.41, 5.74) is 3.16. The van der Waals surface area contributed by atoms with Crippen molar-refractivity contribution in [3.05, 3.63) is 64.8 Å². The van der Waals surface area contributed by atoms with E-state index in [-0.39, 0.29) is 17.6 Å². The fourth-order valence-electron chi connectivity index (χ4n) is 4.50. The molecule has 28 heavy (non-hydrogen) atoms. The van der Waals surface area contributed by atoms with Crippen LogP contribution in [-0.4, -0.2) is 16.5 Å². The molecule has 2 aromatic carbocycles. The molecule has 2 aliphatic rings. The van der Waals surface area contributed by atoms with Gasteiger partial charge in [0.25, 0.3) is 0 Å². The number of halogens is 1. The third-order valence-corrected chi connectivity index (χ3v) is 6.38. The van der Waals surface area contributed by atoms with E-state index in [2.05, 4.69) is 22.4 Å². The third-order valence-electron chi connectivity index (χ3n) is 6.15. The first-order valence-corrected chi connectivity index (χ1v) is 10.3. The molecule has 1 saturated carbocycles. The van der Waals surface area contributed by atoms with Gasteiger partial charge < -0.3 is 15.0 Å². The first kappa shape index (κ1) is 17.6. The summed E-state index contributed by atoms with van der Waals surface area (Å²) in [6, 6.07) is 13.9. The van der Waals surface area contributed by atoms with E-state index >= 15 is 0 Å². The minimum absolute atomic E-state index is 0.0433. The lowest BCUT2D eigenvalue weighted by Crippen LogP contribution is -2.49. The fraction of sp³-hybridized carbons (Fsp3) is 0.348. The fourth-order valence-corrected chi connectivity index (χ4v) is 4.68. The number of carbonyl (C=O) groups excluding carboxylic acids is 1. The highest BCUT2D eigenvalue weighted by Gasteiger charge is 2.45. The average molecular weight is 395 g/mol. The monoisotopic (exact) mass is 394 g/mol. The van der Waals surface area contributed by atoms with Gasteiger partial charge in [-0.15, -0.1) is 0 Å². The van der Waals surface area contributed by atoms with E-state index in [1.165, 1.54) is 17.4 Å². The van der Waals surface area contributed by atoms with Gasteiger partial charge >= 0.3 is 0 Å². The van der Waals surface area contributed by atoms with Crippen LogP contribution in [0.1, 0.15) is 49.3 Å². The normalized spacial score (nSPS) is 19.7. The predicted molar refractivity (Wildman–Crippen MR) is 111 cm³/mol. The lowest BCUT2D eigenvalue weighted by Gasteiger charge is -2.48. The van der Waals surface area contributed by atoms with Gasteiger partial charge in [-0.05, 0) is 55.5 Å². The number of ether oxygens (including phenoxy) is 1. The van der Waals surface area contributed by atoms with Gasteiger partial charge in [-0.2, -0.15) is 0 Å². The molecule has 1 spiro atoms. The molecular formula is C23H23ClN2O2. The van der Waals surface area contributed by atoms with E-state index in [0.29, 0.717) is 17.9 Å². The molecule has 1 atom stereocenters. The number of amides is 1. The van der Waals surface area contributed by atoms with Crippen LogP contribution in [0.4, 0.5) is 0 Å². The molecule has 1 amide bonds. The summed E-state index contributed by atoms with van der Waals surface area (Å²) in [7, 11) is 0. The number of H-pyrrole nitrogens is 1. The molecule has 1 aromatic heterocycles. The number of fused-ring (bicyclic) bond motifs is 2. The second-order valence-corrected chi connectivity index (χ2v) is 8.44. The van der Waals surface area contributed by atoms with Crippen molar-refractivity contribution >= 4 is 28.4 Å². The van der Waals surface area contributed by atoms with Crippen LogP contribution >= 0.6 is 11.6 Å². The van der Waals surface area contributed by atoms with Crippen molar-refractivity contribution in [3.63, 3.8) is 0 Å². The summed E-state index contributed by atoms with van der Waals surface area (Å²) in [6.45, 7) is 0. The molecule has 0 bridgehead atoms. The van der Waals surface area contributed by atoms with E-state index in [4.69, 9.17) is 16.3 Å². The van der Waals surface area contributed by atoms with Crippen molar-refractivity contribution in [1.82, 2.24) is 10.3 Å². The van der Waals surface area contributed by atoms with E-state index < -0.39 is 0 Å². The first-order chi connectivity index (χ1) is 13.6. The molecule has 1 unspecified atom stereocenters. The summed E-state index contributed by atoms with van der Waals surface area (Å²) in [6.07, 6.45) is 7.29. The maximum atomic E-state index is 12.8. The number of benzene rings is 2. The number of hydrogen-bond acceptors (Lipinski definition) is 2. The van der Waals surface area contributed by atoms with Gasteiger partial charge in [-0.3, -0.25) is 4.79 Å². The minimum Gasteiger partial charge on any atom is -0.487 e. The van der Waals surface area contributed by atoms with Crippen LogP contribution in [0, 0.1) is 0 Å². The Morgan fingerprint density at radius 1 is 1.25 bits per heavy atom. The molecule has 4 nitrogen and oxygen atoms in total. The van der Waals surface area contributed by atoms with E-state index in [0.717, 1.165) is 36.1 Å². The largest absolute Gasteiger partial charge is 0.487 e. The highest BCUT2D eigenvalue weighted by Crippen LogP contribution is 2.49. The summed E-state index contributed by atoms with van der Waals surface area (Å²) in [4.78, 5) is 16.0. The SMILES string of the molecule is O=C(CCc1c[nH]c2ccccc12)NC1CC2(CCC2)Oc2ccc(Cl)cc21. The Balaban J connectivity index is 1.31. The number of aryl methyl sites for hydroxylation is 1. The summed E-state index contributed by atoms with van der Waals surface area (Å²) in [5, 5.41) is 5.11. The summed E-state index contributed by atoms with van der Waals surface area (Å²) >= 11 is 6.21. The number of carbonyl (C=O) groups is 1. The molecule has 2 N–H and O–H groups in total. The molecule has 1 fully saturated rings. The van der Waals surface area contributed by atoms with Crippen molar-refractivity contribution < 1.29 is 9.53 Å². The second kappa shape index (κ2) is 6.85. The lowest BCUT2D eigenvalue weighted by atomic mass is 9.73. The number of aromatic nitrogens is 1. The van der Waals surface area contributed by atoms with Gasteiger partial charge in [0.15, 0.2) is 0 Å². The van der Waals surface area contributed by atoms with Gasteiger partial charge in [0, 0.05) is 40.5 Å². The van der Waals surface area contributed by atoms with Crippen molar-refractivity contribution in [2.24, 2.45) is 0 Å². The number of rotatable bonds is 4. The molecule has 0 radical (unpaired) electrons. The van der Waals surface area contributed by atoms with Gasteiger partial charge in [0.1, 0.15) is 11.4 Å². The Morgan fingerprint density at radius 3 is 2.93 bits per heavy atom. The molecule has 3 aromatic rings. The Hall–Kier alpha value is -2.46. The maximum absolute atomic E-state index is 12.8. The molecule has 0 saturated heterocycles.